The second kappa shape index (κ2) is 12.7. The van der Waals surface area contributed by atoms with Gasteiger partial charge < -0.3 is 19.6 Å². The summed E-state index contributed by atoms with van der Waals surface area (Å²) in [6, 6.07) is 5.70. The zero-order valence-electron chi connectivity index (χ0n) is 21.0. The number of carbonyl (C=O) groups is 3. The SMILES string of the molecule is O=C(O)CN(CCCCC1CCCCC1)C(=O)CCCCOc1ccc2c(c1)CN1CC(=O)NC1=N2. The Morgan fingerprint density at radius 2 is 1.94 bits per heavy atom. The average Bonchev–Trinajstić information content (AvgIpc) is 3.23. The van der Waals surface area contributed by atoms with Gasteiger partial charge in [0.2, 0.25) is 17.8 Å². The van der Waals surface area contributed by atoms with Crippen LogP contribution in [0.4, 0.5) is 5.69 Å². The highest BCUT2D eigenvalue weighted by molar-refractivity contribution is 6.05. The second-order valence-corrected chi connectivity index (χ2v) is 10.1. The third-order valence-electron chi connectivity index (χ3n) is 7.27. The molecule has 2 aliphatic heterocycles. The number of hydrogen-bond donors (Lipinski definition) is 2. The Hall–Kier alpha value is -3.10. The maximum atomic E-state index is 12.7. The van der Waals surface area contributed by atoms with Crippen LogP contribution in [0.15, 0.2) is 23.2 Å². The lowest BCUT2D eigenvalue weighted by Crippen LogP contribution is -2.36. The molecule has 1 saturated heterocycles. The van der Waals surface area contributed by atoms with E-state index in [1.54, 1.807) is 0 Å². The maximum Gasteiger partial charge on any atom is 0.323 e. The lowest BCUT2D eigenvalue weighted by atomic mass is 9.86. The van der Waals surface area contributed by atoms with Gasteiger partial charge in [-0.05, 0) is 43.4 Å². The number of hydrogen-bond acceptors (Lipinski definition) is 6. The third-order valence-corrected chi connectivity index (χ3v) is 7.27. The fraction of sp³-hybridized carbons (Fsp3) is 0.630. The molecule has 9 heteroatoms. The summed E-state index contributed by atoms with van der Waals surface area (Å²) >= 11 is 0. The van der Waals surface area contributed by atoms with Gasteiger partial charge >= 0.3 is 5.97 Å². The predicted octanol–water partition coefficient (Wildman–Crippen LogP) is 3.83. The summed E-state index contributed by atoms with van der Waals surface area (Å²) in [6.45, 7) is 1.70. The number of aliphatic imine (C=N–C) groups is 1. The number of rotatable bonds is 13. The molecule has 2 N–H and O–H groups in total. The van der Waals surface area contributed by atoms with Gasteiger partial charge in [0.25, 0.3) is 0 Å². The average molecular weight is 499 g/mol. The zero-order valence-corrected chi connectivity index (χ0v) is 21.0. The molecule has 0 spiro atoms. The Morgan fingerprint density at radius 1 is 1.11 bits per heavy atom. The van der Waals surface area contributed by atoms with E-state index in [1.807, 2.05) is 23.1 Å². The fourth-order valence-electron chi connectivity index (χ4n) is 5.32. The summed E-state index contributed by atoms with van der Waals surface area (Å²) in [5, 5.41) is 12.0. The first-order chi connectivity index (χ1) is 17.5. The largest absolute Gasteiger partial charge is 0.494 e. The van der Waals surface area contributed by atoms with Crippen molar-refractivity contribution in [2.75, 3.05) is 26.2 Å². The van der Waals surface area contributed by atoms with Crippen molar-refractivity contribution in [2.45, 2.75) is 77.2 Å². The molecule has 4 rings (SSSR count). The highest BCUT2D eigenvalue weighted by Gasteiger charge is 2.29. The van der Waals surface area contributed by atoms with Crippen LogP contribution in [0.25, 0.3) is 0 Å². The number of nitrogens with one attached hydrogen (secondary N) is 1. The van der Waals surface area contributed by atoms with Gasteiger partial charge in [-0.1, -0.05) is 44.9 Å². The summed E-state index contributed by atoms with van der Waals surface area (Å²) in [6.07, 6.45) is 11.4. The molecule has 9 nitrogen and oxygen atoms in total. The van der Waals surface area contributed by atoms with E-state index in [9.17, 15) is 19.5 Å². The van der Waals surface area contributed by atoms with Crippen LogP contribution in [-0.2, 0) is 20.9 Å². The molecule has 2 amide bonds. The predicted molar refractivity (Wildman–Crippen MR) is 136 cm³/mol. The van der Waals surface area contributed by atoms with E-state index in [1.165, 1.54) is 43.4 Å². The minimum Gasteiger partial charge on any atom is -0.494 e. The Morgan fingerprint density at radius 3 is 2.75 bits per heavy atom. The standard InChI is InChI=1S/C27H38N4O5/c32-24-18-31-17-21-16-22(12-13-23(21)28-27(31)29-24)36-15-7-5-11-25(33)30(19-26(34)35)14-6-4-10-20-8-2-1-3-9-20/h12-13,16,20H,1-11,14-15,17-19H2,(H,34,35)(H,28,29,32). The van der Waals surface area contributed by atoms with Crippen molar-refractivity contribution >= 4 is 29.4 Å². The van der Waals surface area contributed by atoms with E-state index < -0.39 is 5.97 Å². The van der Waals surface area contributed by atoms with Gasteiger partial charge in [-0.25, -0.2) is 4.99 Å². The normalized spacial score (nSPS) is 17.2. The molecule has 1 saturated carbocycles. The molecular weight excluding hydrogens is 460 g/mol. The lowest BCUT2D eigenvalue weighted by Gasteiger charge is -2.23. The molecule has 0 radical (unpaired) electrons. The van der Waals surface area contributed by atoms with Crippen molar-refractivity contribution in [1.29, 1.82) is 0 Å². The number of ether oxygens (including phenoxy) is 1. The van der Waals surface area contributed by atoms with Crippen LogP contribution in [-0.4, -0.2) is 64.9 Å². The molecule has 196 valence electrons. The summed E-state index contributed by atoms with van der Waals surface area (Å²) in [5.41, 5.74) is 1.84. The molecule has 2 heterocycles. The zero-order chi connectivity index (χ0) is 25.3. The van der Waals surface area contributed by atoms with E-state index in [0.29, 0.717) is 51.5 Å². The molecule has 1 aromatic carbocycles. The highest BCUT2D eigenvalue weighted by Crippen LogP contribution is 2.30. The van der Waals surface area contributed by atoms with Gasteiger partial charge in [-0.3, -0.25) is 19.7 Å². The molecule has 1 aromatic rings. The number of unbranched alkanes of at least 4 members (excludes halogenated alkanes) is 2. The van der Waals surface area contributed by atoms with Gasteiger partial charge in [-0.15, -0.1) is 0 Å². The van der Waals surface area contributed by atoms with Crippen molar-refractivity contribution in [3.8, 4) is 5.75 Å². The van der Waals surface area contributed by atoms with E-state index in [4.69, 9.17) is 4.74 Å². The second-order valence-electron chi connectivity index (χ2n) is 10.1. The van der Waals surface area contributed by atoms with Crippen LogP contribution >= 0.6 is 0 Å². The maximum absolute atomic E-state index is 12.7. The first-order valence-electron chi connectivity index (χ1n) is 13.4. The van der Waals surface area contributed by atoms with Gasteiger partial charge in [-0.2, -0.15) is 0 Å². The summed E-state index contributed by atoms with van der Waals surface area (Å²) in [4.78, 5) is 43.4. The van der Waals surface area contributed by atoms with Crippen molar-refractivity contribution in [2.24, 2.45) is 10.9 Å². The molecule has 0 bridgehead atoms. The Bertz CT molecular complexity index is 973. The first kappa shape index (κ1) is 26.0. The van der Waals surface area contributed by atoms with Crippen molar-refractivity contribution in [3.05, 3.63) is 23.8 Å². The molecule has 36 heavy (non-hydrogen) atoms. The van der Waals surface area contributed by atoms with Crippen LogP contribution in [0, 0.1) is 5.92 Å². The number of amides is 2. The molecular formula is C27H38N4O5. The van der Waals surface area contributed by atoms with Crippen LogP contribution in [0.5, 0.6) is 5.75 Å². The number of benzene rings is 1. The van der Waals surface area contributed by atoms with Crippen molar-refractivity contribution in [3.63, 3.8) is 0 Å². The van der Waals surface area contributed by atoms with Gasteiger partial charge in [0.15, 0.2) is 0 Å². The minimum absolute atomic E-state index is 0.0473. The number of carboxylic acids is 1. The molecule has 2 fully saturated rings. The van der Waals surface area contributed by atoms with E-state index in [-0.39, 0.29) is 18.4 Å². The molecule has 0 aromatic heterocycles. The van der Waals surface area contributed by atoms with Gasteiger partial charge in [0, 0.05) is 25.1 Å². The van der Waals surface area contributed by atoms with E-state index in [2.05, 4.69) is 10.3 Å². The minimum atomic E-state index is -0.961. The van der Waals surface area contributed by atoms with Crippen LogP contribution in [0.3, 0.4) is 0 Å². The smallest absolute Gasteiger partial charge is 0.323 e. The lowest BCUT2D eigenvalue weighted by molar-refractivity contribution is -0.144. The van der Waals surface area contributed by atoms with Crippen LogP contribution in [0.1, 0.15) is 76.2 Å². The quantitative estimate of drug-likeness (QED) is 0.400. The van der Waals surface area contributed by atoms with Crippen LogP contribution < -0.4 is 10.1 Å². The number of carboxylic acid groups (broad SMARTS) is 1. The van der Waals surface area contributed by atoms with Crippen LogP contribution in [0.2, 0.25) is 0 Å². The number of nitrogens with zero attached hydrogens (tertiary/aromatic N) is 3. The number of guanidine groups is 1. The van der Waals surface area contributed by atoms with Crippen molar-refractivity contribution in [1.82, 2.24) is 15.1 Å². The number of fused-ring (bicyclic) bond motifs is 2. The van der Waals surface area contributed by atoms with E-state index >= 15 is 0 Å². The number of carbonyl (C=O) groups excluding carboxylic acids is 2. The summed E-state index contributed by atoms with van der Waals surface area (Å²) in [5.74, 6) is 1.05. The third kappa shape index (κ3) is 7.45. The van der Waals surface area contributed by atoms with E-state index in [0.717, 1.165) is 35.8 Å². The molecule has 1 aliphatic carbocycles. The monoisotopic (exact) mass is 498 g/mol. The first-order valence-corrected chi connectivity index (χ1v) is 13.4. The summed E-state index contributed by atoms with van der Waals surface area (Å²) < 4.78 is 5.88. The highest BCUT2D eigenvalue weighted by atomic mass is 16.5. The summed E-state index contributed by atoms with van der Waals surface area (Å²) in [7, 11) is 0. The van der Waals surface area contributed by atoms with Gasteiger partial charge in [0.1, 0.15) is 18.8 Å². The molecule has 0 atom stereocenters. The molecule has 0 unspecified atom stereocenters. The Labute approximate surface area is 212 Å². The fourth-order valence-corrected chi connectivity index (χ4v) is 5.32. The Balaban J connectivity index is 1.14. The molecule has 3 aliphatic rings. The number of aliphatic carboxylic acids is 1. The van der Waals surface area contributed by atoms with Gasteiger partial charge in [0.05, 0.1) is 12.3 Å². The Kier molecular flexibility index (Phi) is 9.19. The topological polar surface area (TPSA) is 112 Å². The van der Waals surface area contributed by atoms with Crippen molar-refractivity contribution < 1.29 is 24.2 Å².